The number of amides is 3. The molecule has 2 aliphatic rings. The van der Waals surface area contributed by atoms with Crippen LogP contribution in [0.3, 0.4) is 0 Å². The maximum atomic E-state index is 12.8. The first-order valence-electron chi connectivity index (χ1n) is 10.3. The van der Waals surface area contributed by atoms with Crippen LogP contribution in [-0.2, 0) is 14.4 Å². The van der Waals surface area contributed by atoms with E-state index < -0.39 is 11.9 Å². The van der Waals surface area contributed by atoms with Gasteiger partial charge in [0.1, 0.15) is 6.04 Å². The summed E-state index contributed by atoms with van der Waals surface area (Å²) in [4.78, 5) is 43.8. The molecule has 0 bridgehead atoms. The number of allylic oxidation sites excluding steroid dienone is 2. The number of nitrogens with zero attached hydrogens (tertiary/aromatic N) is 2. The van der Waals surface area contributed by atoms with Gasteiger partial charge in [0, 0.05) is 10.9 Å². The minimum Gasteiger partial charge on any atom is -0.300 e. The van der Waals surface area contributed by atoms with E-state index >= 15 is 0 Å². The van der Waals surface area contributed by atoms with Gasteiger partial charge in [-0.15, -0.1) is 11.3 Å². The number of carbonyl (C=O) groups excluding carboxylic acids is 3. The molecule has 156 valence electrons. The Morgan fingerprint density at radius 2 is 1.67 bits per heavy atom. The van der Waals surface area contributed by atoms with Crippen LogP contribution < -0.4 is 5.32 Å². The summed E-state index contributed by atoms with van der Waals surface area (Å²) in [6, 6.07) is 7.34. The Bertz CT molecular complexity index is 983. The normalized spacial score (nSPS) is 21.8. The van der Waals surface area contributed by atoms with E-state index in [1.54, 1.807) is 6.92 Å². The fourth-order valence-corrected chi connectivity index (χ4v) is 4.76. The summed E-state index contributed by atoms with van der Waals surface area (Å²) >= 11 is 1.32. The lowest BCUT2D eigenvalue weighted by Crippen LogP contribution is -2.46. The number of anilines is 1. The van der Waals surface area contributed by atoms with E-state index in [1.165, 1.54) is 16.9 Å². The van der Waals surface area contributed by atoms with E-state index in [0.29, 0.717) is 23.9 Å². The standard InChI is InChI=1S/C23H25N3O3S/c1-13(2)15-8-10-16(11-9-15)19-12-30-23(24-19)25-20(27)14(3)26-21(28)17-6-4-5-7-18(17)22(26)29/h4-5,8-14,17-18H,6-7H2,1-3H3,(H,24,25,27). The van der Waals surface area contributed by atoms with E-state index in [4.69, 9.17) is 0 Å². The first-order chi connectivity index (χ1) is 14.4. The lowest BCUT2D eigenvalue weighted by molar-refractivity contribution is -0.146. The largest absolute Gasteiger partial charge is 0.300 e. The molecule has 6 nitrogen and oxygen atoms in total. The molecule has 1 aliphatic carbocycles. The summed E-state index contributed by atoms with van der Waals surface area (Å²) in [5.74, 6) is -1.11. The van der Waals surface area contributed by atoms with Crippen molar-refractivity contribution in [1.82, 2.24) is 9.88 Å². The third-order valence-corrected chi connectivity index (χ3v) is 6.67. The van der Waals surface area contributed by atoms with Gasteiger partial charge in [-0.3, -0.25) is 19.3 Å². The predicted octanol–water partition coefficient (Wildman–Crippen LogP) is 4.21. The number of nitrogens with one attached hydrogen (secondary N) is 1. The first kappa shape index (κ1) is 20.5. The van der Waals surface area contributed by atoms with Crippen molar-refractivity contribution in [2.45, 2.75) is 45.6 Å². The fraction of sp³-hybridized carbons (Fsp3) is 0.391. The predicted molar refractivity (Wildman–Crippen MR) is 117 cm³/mol. The molecule has 3 unspecified atom stereocenters. The van der Waals surface area contributed by atoms with Crippen LogP contribution in [-0.4, -0.2) is 33.6 Å². The molecule has 1 aromatic heterocycles. The average Bonchev–Trinajstić information content (AvgIpc) is 3.31. The fourth-order valence-electron chi connectivity index (χ4n) is 4.04. The topological polar surface area (TPSA) is 79.4 Å². The Morgan fingerprint density at radius 3 is 2.23 bits per heavy atom. The van der Waals surface area contributed by atoms with Crippen LogP contribution in [0.15, 0.2) is 41.8 Å². The lowest BCUT2D eigenvalue weighted by Gasteiger charge is -2.21. The van der Waals surface area contributed by atoms with E-state index in [-0.39, 0.29) is 23.7 Å². The number of hydrogen-bond acceptors (Lipinski definition) is 5. The first-order valence-corrected chi connectivity index (χ1v) is 11.1. The van der Waals surface area contributed by atoms with Gasteiger partial charge in [-0.2, -0.15) is 0 Å². The van der Waals surface area contributed by atoms with Gasteiger partial charge in [-0.05, 0) is 31.2 Å². The molecule has 1 aromatic carbocycles. The summed E-state index contributed by atoms with van der Waals surface area (Å²) < 4.78 is 0. The highest BCUT2D eigenvalue weighted by Crippen LogP contribution is 2.36. The number of hydrogen-bond donors (Lipinski definition) is 1. The van der Waals surface area contributed by atoms with E-state index in [9.17, 15) is 14.4 Å². The van der Waals surface area contributed by atoms with Crippen LogP contribution in [0.1, 0.15) is 45.1 Å². The Kier molecular flexibility index (Phi) is 5.56. The van der Waals surface area contributed by atoms with Gasteiger partial charge in [0.15, 0.2) is 5.13 Å². The van der Waals surface area contributed by atoms with E-state index in [2.05, 4.69) is 36.3 Å². The summed E-state index contributed by atoms with van der Waals surface area (Å²) in [6.45, 7) is 5.89. The summed E-state index contributed by atoms with van der Waals surface area (Å²) in [7, 11) is 0. The average molecular weight is 424 g/mol. The molecule has 0 radical (unpaired) electrons. The molecule has 1 aliphatic heterocycles. The summed E-state index contributed by atoms with van der Waals surface area (Å²) in [5, 5.41) is 5.11. The highest BCUT2D eigenvalue weighted by atomic mass is 32.1. The zero-order valence-corrected chi connectivity index (χ0v) is 18.1. The monoisotopic (exact) mass is 423 g/mol. The van der Waals surface area contributed by atoms with Gasteiger partial charge >= 0.3 is 0 Å². The number of benzene rings is 1. The molecule has 30 heavy (non-hydrogen) atoms. The number of likely N-dealkylation sites (tertiary alicyclic amines) is 1. The van der Waals surface area contributed by atoms with Crippen molar-refractivity contribution >= 4 is 34.2 Å². The zero-order chi connectivity index (χ0) is 21.4. The minimum absolute atomic E-state index is 0.248. The SMILES string of the molecule is CC(C)c1ccc(-c2csc(NC(=O)C(C)N3C(=O)C4CC=CCC4C3=O)n2)cc1. The highest BCUT2D eigenvalue weighted by molar-refractivity contribution is 7.14. The molecule has 0 spiro atoms. The van der Waals surface area contributed by atoms with Crippen molar-refractivity contribution in [1.29, 1.82) is 0 Å². The molecule has 1 N–H and O–H groups in total. The Balaban J connectivity index is 1.44. The van der Waals surface area contributed by atoms with Gasteiger partial charge in [-0.25, -0.2) is 4.98 Å². The van der Waals surface area contributed by atoms with Crippen molar-refractivity contribution in [3.63, 3.8) is 0 Å². The maximum Gasteiger partial charge on any atom is 0.249 e. The Labute approximate surface area is 180 Å². The van der Waals surface area contributed by atoms with Gasteiger partial charge in [0.05, 0.1) is 17.5 Å². The molecule has 3 atom stereocenters. The van der Waals surface area contributed by atoms with Crippen LogP contribution in [0.5, 0.6) is 0 Å². The van der Waals surface area contributed by atoms with Gasteiger partial charge < -0.3 is 5.32 Å². The summed E-state index contributed by atoms with van der Waals surface area (Å²) in [5.41, 5.74) is 3.02. The molecular formula is C23H25N3O3S. The van der Waals surface area contributed by atoms with E-state index in [0.717, 1.165) is 16.2 Å². The number of fused-ring (bicyclic) bond motifs is 1. The third kappa shape index (κ3) is 3.69. The summed E-state index contributed by atoms with van der Waals surface area (Å²) in [6.07, 6.45) is 4.99. The van der Waals surface area contributed by atoms with Crippen LogP contribution in [0.4, 0.5) is 5.13 Å². The second-order valence-corrected chi connectivity index (χ2v) is 9.04. The van der Waals surface area contributed by atoms with Gasteiger partial charge in [0.25, 0.3) is 0 Å². The smallest absolute Gasteiger partial charge is 0.249 e. The Hall–Kier alpha value is -2.80. The quantitative estimate of drug-likeness (QED) is 0.577. The number of imide groups is 1. The van der Waals surface area contributed by atoms with Crippen LogP contribution in [0.2, 0.25) is 0 Å². The molecule has 7 heteroatoms. The van der Waals surface area contributed by atoms with Crippen molar-refractivity contribution < 1.29 is 14.4 Å². The van der Waals surface area contributed by atoms with E-state index in [1.807, 2.05) is 29.7 Å². The van der Waals surface area contributed by atoms with Crippen molar-refractivity contribution in [3.8, 4) is 11.3 Å². The second kappa shape index (κ2) is 8.14. The maximum absolute atomic E-state index is 12.8. The molecule has 1 fully saturated rings. The van der Waals surface area contributed by atoms with Crippen molar-refractivity contribution in [2.24, 2.45) is 11.8 Å². The van der Waals surface area contributed by atoms with Crippen molar-refractivity contribution in [2.75, 3.05) is 5.32 Å². The number of thiazole rings is 1. The highest BCUT2D eigenvalue weighted by Gasteiger charge is 2.50. The second-order valence-electron chi connectivity index (χ2n) is 8.18. The third-order valence-electron chi connectivity index (χ3n) is 5.92. The van der Waals surface area contributed by atoms with Crippen LogP contribution >= 0.6 is 11.3 Å². The molecule has 2 heterocycles. The molecule has 2 aromatic rings. The zero-order valence-electron chi connectivity index (χ0n) is 17.3. The van der Waals surface area contributed by atoms with Gasteiger partial charge in [-0.1, -0.05) is 50.3 Å². The van der Waals surface area contributed by atoms with Crippen LogP contribution in [0.25, 0.3) is 11.3 Å². The van der Waals surface area contributed by atoms with Gasteiger partial charge in [0.2, 0.25) is 17.7 Å². The molecular weight excluding hydrogens is 398 g/mol. The van der Waals surface area contributed by atoms with Crippen LogP contribution in [0, 0.1) is 11.8 Å². The number of rotatable bonds is 5. The molecule has 0 saturated carbocycles. The minimum atomic E-state index is -0.867. The Morgan fingerprint density at radius 1 is 1.07 bits per heavy atom. The van der Waals surface area contributed by atoms with Crippen molar-refractivity contribution in [3.05, 3.63) is 47.4 Å². The molecule has 4 rings (SSSR count). The number of carbonyl (C=O) groups is 3. The molecule has 3 amide bonds. The number of aromatic nitrogens is 1. The lowest BCUT2D eigenvalue weighted by atomic mass is 9.85. The molecule has 1 saturated heterocycles.